The highest BCUT2D eigenvalue weighted by Crippen LogP contribution is 2.22. The summed E-state index contributed by atoms with van der Waals surface area (Å²) in [4.78, 5) is 0. The van der Waals surface area contributed by atoms with E-state index in [4.69, 9.17) is 4.52 Å². The van der Waals surface area contributed by atoms with Gasteiger partial charge in [0.2, 0.25) is 0 Å². The Morgan fingerprint density at radius 3 is 2.71 bits per heavy atom. The van der Waals surface area contributed by atoms with Crippen molar-refractivity contribution < 1.29 is 4.52 Å². The summed E-state index contributed by atoms with van der Waals surface area (Å²) in [5, 5.41) is 4.71. The van der Waals surface area contributed by atoms with Gasteiger partial charge in [-0.05, 0) is 12.5 Å². The van der Waals surface area contributed by atoms with Gasteiger partial charge in [0.1, 0.15) is 0 Å². The van der Waals surface area contributed by atoms with Crippen molar-refractivity contribution in [1.82, 2.24) is 5.16 Å². The monoisotopic (exact) mass is 205 g/mol. The number of hydrogen-bond acceptors (Lipinski definition) is 3. The van der Waals surface area contributed by atoms with Crippen LogP contribution in [0, 0.1) is 6.92 Å². The maximum absolute atomic E-state index is 5.10. The van der Waals surface area contributed by atoms with E-state index in [0.29, 0.717) is 0 Å². The zero-order valence-electron chi connectivity index (χ0n) is 7.93. The molecule has 0 fully saturated rings. The van der Waals surface area contributed by atoms with Gasteiger partial charge in [-0.15, -0.1) is 0 Å². The van der Waals surface area contributed by atoms with Crippen LogP contribution in [0.15, 0.2) is 46.0 Å². The first-order valence-electron chi connectivity index (χ1n) is 4.44. The lowest BCUT2D eigenvalue weighted by molar-refractivity contribution is 0.346. The van der Waals surface area contributed by atoms with E-state index < -0.39 is 0 Å². The summed E-state index contributed by atoms with van der Waals surface area (Å²) >= 11 is 1.67. The normalized spacial score (nSPS) is 10.4. The summed E-state index contributed by atoms with van der Waals surface area (Å²) in [6, 6.07) is 12.3. The van der Waals surface area contributed by atoms with E-state index in [2.05, 4.69) is 17.3 Å². The number of rotatable bonds is 3. The van der Waals surface area contributed by atoms with Gasteiger partial charge >= 0.3 is 0 Å². The lowest BCUT2D eigenvalue weighted by Gasteiger charge is -1.96. The molecule has 0 aliphatic carbocycles. The number of aromatic nitrogens is 1. The molecule has 2 aromatic rings. The molecule has 0 atom stereocenters. The van der Waals surface area contributed by atoms with Crippen molar-refractivity contribution in [2.45, 2.75) is 17.8 Å². The first-order chi connectivity index (χ1) is 6.84. The number of nitrogens with zero attached hydrogens (tertiary/aromatic N) is 1. The number of benzene rings is 1. The molecular weight excluding hydrogens is 194 g/mol. The van der Waals surface area contributed by atoms with Crippen LogP contribution in [0.3, 0.4) is 0 Å². The predicted octanol–water partition coefficient (Wildman–Crippen LogP) is 3.28. The van der Waals surface area contributed by atoms with Crippen LogP contribution < -0.4 is 0 Å². The summed E-state index contributed by atoms with van der Waals surface area (Å²) in [6.07, 6.45) is 0. The van der Waals surface area contributed by atoms with E-state index in [1.54, 1.807) is 11.8 Å². The molecule has 0 aliphatic heterocycles. The molecule has 1 aromatic heterocycles. The van der Waals surface area contributed by atoms with Gasteiger partial charge in [-0.3, -0.25) is 0 Å². The molecule has 0 aliphatic rings. The minimum atomic E-state index is 0.881. The Morgan fingerprint density at radius 2 is 2.07 bits per heavy atom. The maximum atomic E-state index is 5.10. The fourth-order valence-electron chi connectivity index (χ4n) is 1.14. The van der Waals surface area contributed by atoms with Crippen LogP contribution in [0.1, 0.15) is 11.3 Å². The van der Waals surface area contributed by atoms with Crippen LogP contribution >= 0.6 is 11.8 Å². The Balaban J connectivity index is 1.95. The van der Waals surface area contributed by atoms with Crippen molar-refractivity contribution in [3.05, 3.63) is 47.7 Å². The van der Waals surface area contributed by atoms with E-state index >= 15 is 0 Å². The Labute approximate surface area is 87.3 Å². The van der Waals surface area contributed by atoms with Gasteiger partial charge in [0, 0.05) is 11.8 Å². The van der Waals surface area contributed by atoms with Gasteiger partial charge in [0.25, 0.3) is 0 Å². The van der Waals surface area contributed by atoms with Crippen molar-refractivity contribution in [3.8, 4) is 0 Å². The molecule has 0 amide bonds. The quantitative estimate of drug-likeness (QED) is 0.719. The van der Waals surface area contributed by atoms with Gasteiger partial charge in [-0.2, -0.15) is 0 Å². The minimum Gasteiger partial charge on any atom is -0.350 e. The molecule has 2 nitrogen and oxygen atoms in total. The lowest BCUT2D eigenvalue weighted by atomic mass is 10.2. The van der Waals surface area contributed by atoms with Gasteiger partial charge < -0.3 is 4.52 Å². The molecule has 0 saturated heterocycles. The second-order valence-corrected chi connectivity index (χ2v) is 4.04. The molecule has 0 bridgehead atoms. The van der Waals surface area contributed by atoms with Crippen molar-refractivity contribution in [2.75, 3.05) is 0 Å². The third-order valence-corrected chi connectivity index (χ3v) is 2.78. The fraction of sp³-hybridized carbons (Fsp3) is 0.182. The predicted molar refractivity (Wildman–Crippen MR) is 57.2 cm³/mol. The average molecular weight is 205 g/mol. The van der Waals surface area contributed by atoms with Crippen LogP contribution in [0.2, 0.25) is 0 Å². The highest BCUT2D eigenvalue weighted by Gasteiger charge is 2.01. The third kappa shape index (κ3) is 2.39. The molecule has 0 spiro atoms. The zero-order valence-corrected chi connectivity index (χ0v) is 8.75. The van der Waals surface area contributed by atoms with E-state index in [0.717, 1.165) is 16.5 Å². The first kappa shape index (κ1) is 9.34. The van der Waals surface area contributed by atoms with Gasteiger partial charge in [0.05, 0.1) is 5.69 Å². The summed E-state index contributed by atoms with van der Waals surface area (Å²) in [7, 11) is 0. The maximum Gasteiger partial charge on any atom is 0.193 e. The molecular formula is C11H11NOS. The van der Waals surface area contributed by atoms with Gasteiger partial charge in [-0.1, -0.05) is 47.3 Å². The van der Waals surface area contributed by atoms with Crippen molar-refractivity contribution in [3.63, 3.8) is 0 Å². The van der Waals surface area contributed by atoms with Crippen LogP contribution in [0.4, 0.5) is 0 Å². The molecule has 2 rings (SSSR count). The highest BCUT2D eigenvalue weighted by molar-refractivity contribution is 7.98. The number of hydrogen-bond donors (Lipinski definition) is 0. The minimum absolute atomic E-state index is 0.881. The number of thioether (sulfide) groups is 1. The van der Waals surface area contributed by atoms with Crippen molar-refractivity contribution >= 4 is 11.8 Å². The molecule has 1 aromatic carbocycles. The largest absolute Gasteiger partial charge is 0.350 e. The summed E-state index contributed by atoms with van der Waals surface area (Å²) in [5.74, 6) is 0.926. The standard InChI is InChI=1S/C11H11NOS/c1-9-7-11(13-12-9)14-8-10-5-3-2-4-6-10/h2-7H,8H2,1H3. The molecule has 3 heteroatoms. The Bertz CT molecular complexity index is 397. The Morgan fingerprint density at radius 1 is 1.29 bits per heavy atom. The SMILES string of the molecule is Cc1cc(SCc2ccccc2)on1. The second kappa shape index (κ2) is 4.33. The Kier molecular flexibility index (Phi) is 2.89. The molecule has 0 radical (unpaired) electrons. The smallest absolute Gasteiger partial charge is 0.193 e. The van der Waals surface area contributed by atoms with Crippen LogP contribution in [-0.4, -0.2) is 5.16 Å². The summed E-state index contributed by atoms with van der Waals surface area (Å²) < 4.78 is 5.10. The van der Waals surface area contributed by atoms with E-state index in [-0.39, 0.29) is 0 Å². The van der Waals surface area contributed by atoms with E-state index in [1.807, 2.05) is 31.2 Å². The van der Waals surface area contributed by atoms with Gasteiger partial charge in [-0.25, -0.2) is 0 Å². The number of aryl methyl sites for hydroxylation is 1. The molecule has 1 heterocycles. The molecule has 0 unspecified atom stereocenters. The van der Waals surface area contributed by atoms with Gasteiger partial charge in [0.15, 0.2) is 5.09 Å². The first-order valence-corrected chi connectivity index (χ1v) is 5.43. The summed E-state index contributed by atoms with van der Waals surface area (Å²) in [5.41, 5.74) is 2.23. The van der Waals surface area contributed by atoms with Crippen molar-refractivity contribution in [2.24, 2.45) is 0 Å². The third-order valence-electron chi connectivity index (χ3n) is 1.83. The Hall–Kier alpha value is -1.22. The topological polar surface area (TPSA) is 26.0 Å². The second-order valence-electron chi connectivity index (χ2n) is 3.06. The van der Waals surface area contributed by atoms with Crippen LogP contribution in [0.25, 0.3) is 0 Å². The zero-order chi connectivity index (χ0) is 9.80. The molecule has 0 saturated carbocycles. The average Bonchev–Trinajstić information content (AvgIpc) is 2.63. The molecule has 0 N–H and O–H groups in total. The lowest BCUT2D eigenvalue weighted by Crippen LogP contribution is -1.77. The van der Waals surface area contributed by atoms with Crippen LogP contribution in [0.5, 0.6) is 0 Å². The fourth-order valence-corrected chi connectivity index (χ4v) is 1.98. The molecule has 14 heavy (non-hydrogen) atoms. The summed E-state index contributed by atoms with van der Waals surface area (Å²) in [6.45, 7) is 1.93. The van der Waals surface area contributed by atoms with Crippen LogP contribution in [-0.2, 0) is 5.75 Å². The molecule has 72 valence electrons. The van der Waals surface area contributed by atoms with Crippen molar-refractivity contribution in [1.29, 1.82) is 0 Å². The highest BCUT2D eigenvalue weighted by atomic mass is 32.2. The van der Waals surface area contributed by atoms with E-state index in [9.17, 15) is 0 Å². The van der Waals surface area contributed by atoms with E-state index in [1.165, 1.54) is 5.56 Å².